The molecular formula is C19H22N4O. The molecule has 24 heavy (non-hydrogen) atoms. The van der Waals surface area contributed by atoms with Crippen molar-refractivity contribution in [2.45, 2.75) is 19.3 Å². The van der Waals surface area contributed by atoms with E-state index in [1.807, 2.05) is 30.3 Å². The van der Waals surface area contributed by atoms with Gasteiger partial charge in [-0.15, -0.1) is 6.58 Å². The molecule has 2 heterocycles. The van der Waals surface area contributed by atoms with E-state index in [2.05, 4.69) is 21.8 Å². The van der Waals surface area contributed by atoms with Crippen LogP contribution in [0.15, 0.2) is 49.1 Å². The summed E-state index contributed by atoms with van der Waals surface area (Å²) in [4.78, 5) is 23.8. The SMILES string of the molecule is C=CCNC(=O)c1cc(N2CCCCC2)nc(-c2ccccc2)n1. The van der Waals surface area contributed by atoms with Crippen LogP contribution in [0.25, 0.3) is 11.4 Å². The largest absolute Gasteiger partial charge is 0.356 e. The Hall–Kier alpha value is -2.69. The van der Waals surface area contributed by atoms with Gasteiger partial charge in [0.2, 0.25) is 0 Å². The van der Waals surface area contributed by atoms with Crippen LogP contribution in [0, 0.1) is 0 Å². The molecule has 1 amide bonds. The van der Waals surface area contributed by atoms with Gasteiger partial charge in [-0.25, -0.2) is 9.97 Å². The highest BCUT2D eigenvalue weighted by Gasteiger charge is 2.18. The molecule has 0 aliphatic carbocycles. The number of rotatable bonds is 5. The molecule has 1 aromatic heterocycles. The van der Waals surface area contributed by atoms with E-state index in [-0.39, 0.29) is 5.91 Å². The number of carbonyl (C=O) groups excluding carboxylic acids is 1. The molecule has 1 fully saturated rings. The molecule has 0 spiro atoms. The third-order valence-corrected chi connectivity index (χ3v) is 4.06. The predicted molar refractivity (Wildman–Crippen MR) is 96.1 cm³/mol. The van der Waals surface area contributed by atoms with Crippen molar-refractivity contribution in [3.63, 3.8) is 0 Å². The maximum absolute atomic E-state index is 12.4. The molecule has 1 aliphatic rings. The molecule has 124 valence electrons. The molecule has 0 unspecified atom stereocenters. The summed E-state index contributed by atoms with van der Waals surface area (Å²) in [6, 6.07) is 11.6. The second-order valence-corrected chi connectivity index (χ2v) is 5.85. The molecule has 0 bridgehead atoms. The minimum atomic E-state index is -0.201. The zero-order valence-corrected chi connectivity index (χ0v) is 13.7. The summed E-state index contributed by atoms with van der Waals surface area (Å²) in [6.07, 6.45) is 5.22. The number of amides is 1. The van der Waals surface area contributed by atoms with E-state index in [9.17, 15) is 4.79 Å². The van der Waals surface area contributed by atoms with Gasteiger partial charge in [0, 0.05) is 31.3 Å². The summed E-state index contributed by atoms with van der Waals surface area (Å²) in [6.45, 7) is 5.99. The molecule has 1 saturated heterocycles. The van der Waals surface area contributed by atoms with Gasteiger partial charge in [-0.3, -0.25) is 4.79 Å². The number of nitrogens with zero attached hydrogens (tertiary/aromatic N) is 3. The van der Waals surface area contributed by atoms with Gasteiger partial charge >= 0.3 is 0 Å². The molecule has 3 rings (SSSR count). The highest BCUT2D eigenvalue weighted by atomic mass is 16.1. The fourth-order valence-electron chi connectivity index (χ4n) is 2.81. The standard InChI is InChI=1S/C19H22N4O/c1-2-11-20-19(24)16-14-17(23-12-7-4-8-13-23)22-18(21-16)15-9-5-3-6-10-15/h2-3,5-6,9-10,14H,1,4,7-8,11-13H2,(H,20,24). The van der Waals surface area contributed by atoms with Gasteiger partial charge in [0.25, 0.3) is 5.91 Å². The van der Waals surface area contributed by atoms with Crippen molar-refractivity contribution in [1.29, 1.82) is 0 Å². The van der Waals surface area contributed by atoms with Gasteiger partial charge in [0.05, 0.1) is 0 Å². The summed E-state index contributed by atoms with van der Waals surface area (Å²) in [5, 5.41) is 2.79. The Balaban J connectivity index is 1.98. The Morgan fingerprint density at radius 1 is 1.17 bits per heavy atom. The van der Waals surface area contributed by atoms with Gasteiger partial charge in [0.15, 0.2) is 5.82 Å². The minimum Gasteiger partial charge on any atom is -0.356 e. The van der Waals surface area contributed by atoms with E-state index < -0.39 is 0 Å². The highest BCUT2D eigenvalue weighted by Crippen LogP contribution is 2.22. The lowest BCUT2D eigenvalue weighted by molar-refractivity contribution is 0.0953. The van der Waals surface area contributed by atoms with Gasteiger partial charge < -0.3 is 10.2 Å². The normalized spacial score (nSPS) is 14.2. The van der Waals surface area contributed by atoms with Crippen molar-refractivity contribution in [3.8, 4) is 11.4 Å². The summed E-state index contributed by atoms with van der Waals surface area (Å²) in [5.41, 5.74) is 1.31. The number of benzene rings is 1. The summed E-state index contributed by atoms with van der Waals surface area (Å²) >= 11 is 0. The highest BCUT2D eigenvalue weighted by molar-refractivity contribution is 5.93. The topological polar surface area (TPSA) is 58.1 Å². The maximum atomic E-state index is 12.4. The first-order valence-corrected chi connectivity index (χ1v) is 8.36. The number of piperidine rings is 1. The van der Waals surface area contributed by atoms with Crippen molar-refractivity contribution in [3.05, 3.63) is 54.7 Å². The van der Waals surface area contributed by atoms with E-state index >= 15 is 0 Å². The number of anilines is 1. The number of aromatic nitrogens is 2. The van der Waals surface area contributed by atoms with Crippen LogP contribution in [-0.2, 0) is 0 Å². The second-order valence-electron chi connectivity index (χ2n) is 5.85. The summed E-state index contributed by atoms with van der Waals surface area (Å²) in [5.74, 6) is 1.21. The number of nitrogens with one attached hydrogen (secondary N) is 1. The van der Waals surface area contributed by atoms with Crippen molar-refractivity contribution >= 4 is 11.7 Å². The van der Waals surface area contributed by atoms with Gasteiger partial charge in [0.1, 0.15) is 11.5 Å². The van der Waals surface area contributed by atoms with Gasteiger partial charge in [-0.05, 0) is 19.3 Å². The molecular weight excluding hydrogens is 300 g/mol. The Kier molecular flexibility index (Phi) is 5.21. The fourth-order valence-corrected chi connectivity index (χ4v) is 2.81. The summed E-state index contributed by atoms with van der Waals surface area (Å²) < 4.78 is 0. The average Bonchev–Trinajstić information content (AvgIpc) is 2.67. The average molecular weight is 322 g/mol. The number of carbonyl (C=O) groups is 1. The Labute approximate surface area is 142 Å². The molecule has 5 nitrogen and oxygen atoms in total. The number of hydrogen-bond acceptors (Lipinski definition) is 4. The van der Waals surface area contributed by atoms with Gasteiger partial charge in [-0.1, -0.05) is 36.4 Å². The lowest BCUT2D eigenvalue weighted by atomic mass is 10.1. The first kappa shape index (κ1) is 16.2. The zero-order chi connectivity index (χ0) is 16.8. The van der Waals surface area contributed by atoms with Crippen LogP contribution in [0.2, 0.25) is 0 Å². The zero-order valence-electron chi connectivity index (χ0n) is 13.7. The van der Waals surface area contributed by atoms with E-state index in [4.69, 9.17) is 4.98 Å². The van der Waals surface area contributed by atoms with Gasteiger partial charge in [-0.2, -0.15) is 0 Å². The van der Waals surface area contributed by atoms with Crippen LogP contribution in [0.3, 0.4) is 0 Å². The monoisotopic (exact) mass is 322 g/mol. The van der Waals surface area contributed by atoms with Crippen LogP contribution < -0.4 is 10.2 Å². The Morgan fingerprint density at radius 3 is 2.62 bits per heavy atom. The van der Waals surface area contributed by atoms with Crippen molar-refractivity contribution < 1.29 is 4.79 Å². The second kappa shape index (κ2) is 7.73. The smallest absolute Gasteiger partial charge is 0.270 e. The van der Waals surface area contributed by atoms with E-state index in [0.29, 0.717) is 18.1 Å². The fraction of sp³-hybridized carbons (Fsp3) is 0.316. The third-order valence-electron chi connectivity index (χ3n) is 4.06. The quantitative estimate of drug-likeness (QED) is 0.860. The van der Waals surface area contributed by atoms with E-state index in [0.717, 1.165) is 37.3 Å². The molecule has 1 aromatic carbocycles. The molecule has 0 radical (unpaired) electrons. The van der Waals surface area contributed by atoms with Crippen LogP contribution in [-0.4, -0.2) is 35.5 Å². The maximum Gasteiger partial charge on any atom is 0.270 e. The van der Waals surface area contributed by atoms with Crippen molar-refractivity contribution in [2.75, 3.05) is 24.5 Å². The van der Waals surface area contributed by atoms with Crippen molar-refractivity contribution in [1.82, 2.24) is 15.3 Å². The van der Waals surface area contributed by atoms with Crippen LogP contribution in [0.4, 0.5) is 5.82 Å². The Morgan fingerprint density at radius 2 is 1.92 bits per heavy atom. The first-order chi connectivity index (χ1) is 11.8. The summed E-state index contributed by atoms with van der Waals surface area (Å²) in [7, 11) is 0. The Bertz CT molecular complexity index is 709. The lowest BCUT2D eigenvalue weighted by Crippen LogP contribution is -2.31. The first-order valence-electron chi connectivity index (χ1n) is 8.36. The molecule has 5 heteroatoms. The predicted octanol–water partition coefficient (Wildman–Crippen LogP) is 3.05. The lowest BCUT2D eigenvalue weighted by Gasteiger charge is -2.28. The third kappa shape index (κ3) is 3.79. The van der Waals surface area contributed by atoms with Crippen LogP contribution >= 0.6 is 0 Å². The van der Waals surface area contributed by atoms with Crippen LogP contribution in [0.5, 0.6) is 0 Å². The molecule has 1 aliphatic heterocycles. The number of hydrogen-bond donors (Lipinski definition) is 1. The van der Waals surface area contributed by atoms with E-state index in [1.165, 1.54) is 6.42 Å². The molecule has 0 atom stereocenters. The molecule has 2 aromatic rings. The minimum absolute atomic E-state index is 0.201. The van der Waals surface area contributed by atoms with E-state index in [1.54, 1.807) is 12.1 Å². The van der Waals surface area contributed by atoms with Crippen molar-refractivity contribution in [2.24, 2.45) is 0 Å². The molecule has 0 saturated carbocycles. The van der Waals surface area contributed by atoms with Crippen LogP contribution in [0.1, 0.15) is 29.8 Å². The molecule has 1 N–H and O–H groups in total.